The van der Waals surface area contributed by atoms with Gasteiger partial charge in [0, 0.05) is 37.2 Å². The van der Waals surface area contributed by atoms with E-state index in [2.05, 4.69) is 32.8 Å². The lowest BCUT2D eigenvalue weighted by Gasteiger charge is -2.32. The Morgan fingerprint density at radius 1 is 1.32 bits per heavy atom. The summed E-state index contributed by atoms with van der Waals surface area (Å²) in [6.45, 7) is 6.93. The average molecular weight is 328 g/mol. The fourth-order valence-electron chi connectivity index (χ4n) is 2.32. The number of hydrogen-bond donors (Lipinski definition) is 2. The maximum Gasteiger partial charge on any atom is 0.0762 e. The molecule has 3 N–H and O–H groups in total. The molecule has 1 aromatic rings. The van der Waals surface area contributed by atoms with Crippen molar-refractivity contribution in [3.8, 4) is 0 Å². The minimum Gasteiger partial charge on any atom is -0.398 e. The molecular weight excluding hydrogens is 306 g/mol. The third kappa shape index (κ3) is 3.69. The molecule has 1 heterocycles. The Bertz CT molecular complexity index is 443. The maximum atomic E-state index is 9.72. The van der Waals surface area contributed by atoms with Crippen LogP contribution in [-0.4, -0.2) is 48.1 Å². The van der Waals surface area contributed by atoms with Crippen molar-refractivity contribution in [3.63, 3.8) is 0 Å². The summed E-state index contributed by atoms with van der Waals surface area (Å²) in [5, 5.41) is 9.72. The van der Waals surface area contributed by atoms with Crippen molar-refractivity contribution in [2.45, 2.75) is 19.6 Å². The van der Waals surface area contributed by atoms with E-state index >= 15 is 0 Å². The van der Waals surface area contributed by atoms with Gasteiger partial charge in [-0.25, -0.2) is 0 Å². The first kappa shape index (κ1) is 14.8. The topological polar surface area (TPSA) is 52.7 Å². The van der Waals surface area contributed by atoms with Crippen LogP contribution in [-0.2, 0) is 6.54 Å². The van der Waals surface area contributed by atoms with Crippen molar-refractivity contribution in [2.75, 3.05) is 39.0 Å². The maximum absolute atomic E-state index is 9.72. The van der Waals surface area contributed by atoms with E-state index in [4.69, 9.17) is 5.73 Å². The van der Waals surface area contributed by atoms with Crippen LogP contribution in [0.25, 0.3) is 0 Å². The highest BCUT2D eigenvalue weighted by Crippen LogP contribution is 2.29. The van der Waals surface area contributed by atoms with Crippen LogP contribution in [0.15, 0.2) is 16.6 Å². The molecule has 0 aromatic heterocycles. The van der Waals surface area contributed by atoms with Crippen LogP contribution in [0.3, 0.4) is 0 Å². The Hall–Kier alpha value is -0.620. The molecule has 0 aliphatic carbocycles. The predicted molar refractivity (Wildman–Crippen MR) is 82.0 cm³/mol. The van der Waals surface area contributed by atoms with E-state index < -0.39 is 6.10 Å². The van der Waals surface area contributed by atoms with E-state index in [0.29, 0.717) is 0 Å². The molecule has 1 aliphatic rings. The monoisotopic (exact) mass is 327 g/mol. The predicted octanol–water partition coefficient (Wildman–Crippen LogP) is 1.83. The molecule has 1 aromatic carbocycles. The quantitative estimate of drug-likeness (QED) is 0.832. The minimum atomic E-state index is -0.469. The van der Waals surface area contributed by atoms with Crippen molar-refractivity contribution in [1.29, 1.82) is 0 Å². The first-order valence-electron chi connectivity index (χ1n) is 6.64. The Balaban J connectivity index is 2.15. The van der Waals surface area contributed by atoms with E-state index in [1.165, 1.54) is 0 Å². The number of nitrogens with zero attached hydrogens (tertiary/aromatic N) is 2. The molecule has 1 unspecified atom stereocenters. The summed E-state index contributed by atoms with van der Waals surface area (Å²) in [6.07, 6.45) is -0.469. The largest absolute Gasteiger partial charge is 0.398 e. The van der Waals surface area contributed by atoms with Crippen molar-refractivity contribution < 1.29 is 5.11 Å². The van der Waals surface area contributed by atoms with Crippen LogP contribution >= 0.6 is 15.9 Å². The molecule has 0 bridgehead atoms. The van der Waals surface area contributed by atoms with Gasteiger partial charge in [-0.15, -0.1) is 0 Å². The molecule has 1 aliphatic heterocycles. The van der Waals surface area contributed by atoms with E-state index in [-0.39, 0.29) is 0 Å². The van der Waals surface area contributed by atoms with Gasteiger partial charge in [0.2, 0.25) is 0 Å². The molecule has 106 valence electrons. The zero-order chi connectivity index (χ0) is 14.0. The minimum absolute atomic E-state index is 0.469. The van der Waals surface area contributed by atoms with Gasteiger partial charge in [-0.05, 0) is 53.2 Å². The van der Waals surface area contributed by atoms with E-state index in [1.54, 1.807) is 6.92 Å². The van der Waals surface area contributed by atoms with E-state index in [1.807, 2.05) is 12.1 Å². The summed E-state index contributed by atoms with van der Waals surface area (Å²) in [5.41, 5.74) is 8.91. The summed E-state index contributed by atoms with van der Waals surface area (Å²) in [4.78, 5) is 4.74. The van der Waals surface area contributed by atoms with Crippen LogP contribution in [0.1, 0.15) is 24.2 Å². The van der Waals surface area contributed by atoms with Crippen molar-refractivity contribution in [1.82, 2.24) is 9.80 Å². The van der Waals surface area contributed by atoms with Gasteiger partial charge in [-0.1, -0.05) is 0 Å². The lowest BCUT2D eigenvalue weighted by atomic mass is 10.0. The van der Waals surface area contributed by atoms with E-state index in [9.17, 15) is 5.11 Å². The lowest BCUT2D eigenvalue weighted by Crippen LogP contribution is -2.44. The van der Waals surface area contributed by atoms with Crippen LogP contribution < -0.4 is 5.73 Å². The molecule has 1 saturated heterocycles. The third-order valence-corrected chi connectivity index (χ3v) is 4.37. The van der Waals surface area contributed by atoms with Crippen molar-refractivity contribution in [2.24, 2.45) is 0 Å². The summed E-state index contributed by atoms with van der Waals surface area (Å²) in [5.74, 6) is 0. The average Bonchev–Trinajstić information content (AvgIpc) is 2.37. The van der Waals surface area contributed by atoms with Gasteiger partial charge in [0.25, 0.3) is 0 Å². The van der Waals surface area contributed by atoms with Gasteiger partial charge >= 0.3 is 0 Å². The number of aliphatic hydroxyl groups excluding tert-OH is 1. The number of hydrogen-bond acceptors (Lipinski definition) is 4. The second-order valence-corrected chi connectivity index (χ2v) is 6.19. The van der Waals surface area contributed by atoms with Gasteiger partial charge < -0.3 is 15.7 Å². The summed E-state index contributed by atoms with van der Waals surface area (Å²) < 4.78 is 0.870. The molecule has 1 atom stereocenters. The number of rotatable bonds is 3. The molecule has 0 spiro atoms. The Morgan fingerprint density at radius 3 is 2.53 bits per heavy atom. The lowest BCUT2D eigenvalue weighted by molar-refractivity contribution is 0.148. The van der Waals surface area contributed by atoms with Gasteiger partial charge in [-0.3, -0.25) is 4.90 Å². The van der Waals surface area contributed by atoms with Crippen molar-refractivity contribution >= 4 is 21.6 Å². The summed E-state index contributed by atoms with van der Waals surface area (Å²) >= 11 is 3.48. The van der Waals surface area contributed by atoms with Gasteiger partial charge in [0.05, 0.1) is 11.8 Å². The van der Waals surface area contributed by atoms with Crippen molar-refractivity contribution in [3.05, 3.63) is 27.7 Å². The van der Waals surface area contributed by atoms with Gasteiger partial charge in [0.15, 0.2) is 0 Å². The number of halogens is 1. The SMILES string of the molecule is CC(O)c1cc(Br)c(N)c(CN2CCN(C)CC2)c1. The first-order chi connectivity index (χ1) is 8.97. The highest BCUT2D eigenvalue weighted by atomic mass is 79.9. The molecular formula is C14H22BrN3O. The summed E-state index contributed by atoms with van der Waals surface area (Å²) in [6, 6.07) is 3.91. The molecule has 4 nitrogen and oxygen atoms in total. The fraction of sp³-hybridized carbons (Fsp3) is 0.571. The number of likely N-dealkylation sites (N-methyl/N-ethyl adjacent to an activating group) is 1. The third-order valence-electron chi connectivity index (χ3n) is 3.71. The summed E-state index contributed by atoms with van der Waals surface area (Å²) in [7, 11) is 2.15. The van der Waals surface area contributed by atoms with E-state index in [0.717, 1.165) is 54.0 Å². The Morgan fingerprint density at radius 2 is 1.95 bits per heavy atom. The number of benzene rings is 1. The molecule has 19 heavy (non-hydrogen) atoms. The molecule has 0 radical (unpaired) electrons. The fourth-order valence-corrected chi connectivity index (χ4v) is 2.84. The highest BCUT2D eigenvalue weighted by Gasteiger charge is 2.16. The molecule has 5 heteroatoms. The number of nitrogen functional groups attached to an aromatic ring is 1. The smallest absolute Gasteiger partial charge is 0.0762 e. The molecule has 1 fully saturated rings. The standard InChI is InChI=1S/C14H22BrN3O/c1-10(19)11-7-12(14(16)13(15)8-11)9-18-5-3-17(2)4-6-18/h7-8,10,19H,3-6,9,16H2,1-2H3. The number of nitrogens with two attached hydrogens (primary N) is 1. The van der Waals surface area contributed by atoms with Gasteiger partial charge in [-0.2, -0.15) is 0 Å². The number of aliphatic hydroxyl groups is 1. The first-order valence-corrected chi connectivity index (χ1v) is 7.43. The second kappa shape index (κ2) is 6.22. The highest BCUT2D eigenvalue weighted by molar-refractivity contribution is 9.10. The zero-order valence-corrected chi connectivity index (χ0v) is 13.2. The number of piperazine rings is 1. The van der Waals surface area contributed by atoms with Gasteiger partial charge in [0.1, 0.15) is 0 Å². The Kier molecular flexibility index (Phi) is 4.84. The number of anilines is 1. The van der Waals surface area contributed by atoms with Crippen LogP contribution in [0.5, 0.6) is 0 Å². The molecule has 2 rings (SSSR count). The second-order valence-electron chi connectivity index (χ2n) is 5.33. The molecule has 0 saturated carbocycles. The normalized spacial score (nSPS) is 19.6. The van der Waals surface area contributed by atoms with Crippen LogP contribution in [0.4, 0.5) is 5.69 Å². The molecule has 0 amide bonds. The zero-order valence-electron chi connectivity index (χ0n) is 11.6. The van der Waals surface area contributed by atoms with Crippen LogP contribution in [0.2, 0.25) is 0 Å². The Labute approximate surface area is 123 Å². The van der Waals surface area contributed by atoms with Crippen LogP contribution in [0, 0.1) is 0 Å².